The van der Waals surface area contributed by atoms with Crippen molar-refractivity contribution in [2.45, 2.75) is 19.0 Å². The van der Waals surface area contributed by atoms with Gasteiger partial charge >= 0.3 is 0 Å². The summed E-state index contributed by atoms with van der Waals surface area (Å²) in [5.41, 5.74) is 5.78. The summed E-state index contributed by atoms with van der Waals surface area (Å²) in [5, 5.41) is 0. The summed E-state index contributed by atoms with van der Waals surface area (Å²) < 4.78 is 45.4. The molecule has 1 aromatic carbocycles. The number of rotatable bonds is 3. The summed E-state index contributed by atoms with van der Waals surface area (Å²) in [6.45, 7) is 3.68. The van der Waals surface area contributed by atoms with Crippen LogP contribution in [0.4, 0.5) is 13.2 Å². The van der Waals surface area contributed by atoms with Crippen LogP contribution < -0.4 is 5.73 Å². The lowest BCUT2D eigenvalue weighted by Crippen LogP contribution is -2.47. The van der Waals surface area contributed by atoms with Gasteiger partial charge in [-0.3, -0.25) is 4.90 Å². The Kier molecular flexibility index (Phi) is 4.44. The van der Waals surface area contributed by atoms with Crippen molar-refractivity contribution < 1.29 is 17.9 Å². The summed E-state index contributed by atoms with van der Waals surface area (Å²) in [6, 6.07) is 1.03. The second-order valence-corrected chi connectivity index (χ2v) is 4.70. The number of halogens is 3. The van der Waals surface area contributed by atoms with Crippen LogP contribution in [-0.4, -0.2) is 37.2 Å². The van der Waals surface area contributed by atoms with E-state index in [1.54, 1.807) is 0 Å². The molecule has 2 rings (SSSR count). The van der Waals surface area contributed by atoms with E-state index in [0.717, 1.165) is 6.07 Å². The Balaban J connectivity index is 2.33. The molecular formula is C13H17F3N2O. The molecule has 2 atom stereocenters. The third kappa shape index (κ3) is 2.91. The number of hydrogen-bond donors (Lipinski definition) is 1. The molecule has 1 aromatic rings. The van der Waals surface area contributed by atoms with Gasteiger partial charge in [0.15, 0.2) is 11.6 Å². The van der Waals surface area contributed by atoms with Crippen LogP contribution in [0.1, 0.15) is 18.5 Å². The molecule has 19 heavy (non-hydrogen) atoms. The Morgan fingerprint density at radius 3 is 2.63 bits per heavy atom. The molecule has 1 saturated heterocycles. The first-order valence-corrected chi connectivity index (χ1v) is 6.22. The van der Waals surface area contributed by atoms with E-state index in [0.29, 0.717) is 25.8 Å². The predicted molar refractivity (Wildman–Crippen MR) is 65.1 cm³/mol. The summed E-state index contributed by atoms with van der Waals surface area (Å²) in [6.07, 6.45) is 0. The second-order valence-electron chi connectivity index (χ2n) is 4.70. The summed E-state index contributed by atoms with van der Waals surface area (Å²) in [5.74, 6) is -3.02. The van der Waals surface area contributed by atoms with Crippen LogP contribution in [0.5, 0.6) is 0 Å². The standard InChI is InChI=1S/C13H17F3N2O/c1-8-7-19-3-2-18(8)13(6-17)9-4-11(15)12(16)5-10(9)14/h4-5,8,13H,2-3,6-7,17H2,1H3. The molecule has 2 N–H and O–H groups in total. The second kappa shape index (κ2) is 5.90. The van der Waals surface area contributed by atoms with Crippen molar-refractivity contribution in [3.63, 3.8) is 0 Å². The fraction of sp³-hybridized carbons (Fsp3) is 0.538. The van der Waals surface area contributed by atoms with Crippen molar-refractivity contribution in [1.82, 2.24) is 4.90 Å². The Morgan fingerprint density at radius 2 is 2.00 bits per heavy atom. The molecule has 0 bridgehead atoms. The smallest absolute Gasteiger partial charge is 0.161 e. The highest BCUT2D eigenvalue weighted by Crippen LogP contribution is 2.27. The summed E-state index contributed by atoms with van der Waals surface area (Å²) in [4.78, 5) is 1.96. The molecule has 3 nitrogen and oxygen atoms in total. The van der Waals surface area contributed by atoms with Crippen LogP contribution in [0.25, 0.3) is 0 Å². The Labute approximate surface area is 110 Å². The molecule has 1 fully saturated rings. The number of nitrogens with zero attached hydrogens (tertiary/aromatic N) is 1. The highest BCUT2D eigenvalue weighted by Gasteiger charge is 2.29. The van der Waals surface area contributed by atoms with Crippen LogP contribution >= 0.6 is 0 Å². The molecular weight excluding hydrogens is 257 g/mol. The molecule has 1 heterocycles. The molecule has 0 saturated carbocycles. The first-order chi connectivity index (χ1) is 9.04. The zero-order valence-electron chi connectivity index (χ0n) is 10.7. The fourth-order valence-electron chi connectivity index (χ4n) is 2.44. The third-order valence-corrected chi connectivity index (χ3v) is 3.44. The fourth-order valence-corrected chi connectivity index (χ4v) is 2.44. The van der Waals surface area contributed by atoms with Crippen LogP contribution in [0.3, 0.4) is 0 Å². The van der Waals surface area contributed by atoms with E-state index in [1.807, 2.05) is 11.8 Å². The van der Waals surface area contributed by atoms with E-state index >= 15 is 0 Å². The number of hydrogen-bond acceptors (Lipinski definition) is 3. The van der Waals surface area contributed by atoms with E-state index in [1.165, 1.54) is 0 Å². The Morgan fingerprint density at radius 1 is 1.32 bits per heavy atom. The first kappa shape index (κ1) is 14.3. The zero-order chi connectivity index (χ0) is 14.0. The van der Waals surface area contributed by atoms with Gasteiger partial charge in [-0.25, -0.2) is 13.2 Å². The highest BCUT2D eigenvalue weighted by atomic mass is 19.2. The number of ether oxygens (including phenoxy) is 1. The quantitative estimate of drug-likeness (QED) is 0.855. The largest absolute Gasteiger partial charge is 0.379 e. The van der Waals surface area contributed by atoms with Crippen molar-refractivity contribution >= 4 is 0 Å². The molecule has 2 unspecified atom stereocenters. The van der Waals surface area contributed by atoms with E-state index < -0.39 is 23.5 Å². The number of benzene rings is 1. The van der Waals surface area contributed by atoms with Gasteiger partial charge in [-0.05, 0) is 13.0 Å². The van der Waals surface area contributed by atoms with Crippen LogP contribution in [0.15, 0.2) is 12.1 Å². The maximum Gasteiger partial charge on any atom is 0.161 e. The Hall–Kier alpha value is -1.11. The van der Waals surface area contributed by atoms with Gasteiger partial charge in [0, 0.05) is 30.8 Å². The van der Waals surface area contributed by atoms with E-state index in [4.69, 9.17) is 10.5 Å². The molecule has 0 amide bonds. The lowest BCUT2D eigenvalue weighted by molar-refractivity contribution is -0.0216. The molecule has 0 radical (unpaired) electrons. The predicted octanol–water partition coefficient (Wildman–Crippen LogP) is 1.82. The molecule has 106 valence electrons. The maximum atomic E-state index is 13.8. The van der Waals surface area contributed by atoms with Gasteiger partial charge in [0.1, 0.15) is 5.82 Å². The molecule has 1 aliphatic heterocycles. The van der Waals surface area contributed by atoms with Crippen LogP contribution in [0, 0.1) is 17.5 Å². The molecule has 0 aromatic heterocycles. The average molecular weight is 274 g/mol. The SMILES string of the molecule is CC1COCCN1C(CN)c1cc(F)c(F)cc1F. The van der Waals surface area contributed by atoms with Gasteiger partial charge < -0.3 is 10.5 Å². The van der Waals surface area contributed by atoms with Crippen molar-refractivity contribution in [2.24, 2.45) is 5.73 Å². The number of nitrogens with two attached hydrogens (primary N) is 1. The topological polar surface area (TPSA) is 38.5 Å². The highest BCUT2D eigenvalue weighted by molar-refractivity contribution is 5.24. The van der Waals surface area contributed by atoms with Crippen LogP contribution in [-0.2, 0) is 4.74 Å². The number of morpholine rings is 1. The minimum Gasteiger partial charge on any atom is -0.379 e. The minimum absolute atomic E-state index is 0.0508. The minimum atomic E-state index is -1.19. The van der Waals surface area contributed by atoms with Crippen molar-refractivity contribution in [1.29, 1.82) is 0 Å². The van der Waals surface area contributed by atoms with Gasteiger partial charge in [-0.1, -0.05) is 0 Å². The van der Waals surface area contributed by atoms with Crippen LogP contribution in [0.2, 0.25) is 0 Å². The lowest BCUT2D eigenvalue weighted by atomic mass is 10.0. The normalized spacial score (nSPS) is 22.5. The van der Waals surface area contributed by atoms with E-state index in [-0.39, 0.29) is 18.2 Å². The molecule has 6 heteroatoms. The summed E-state index contributed by atoms with van der Waals surface area (Å²) >= 11 is 0. The summed E-state index contributed by atoms with van der Waals surface area (Å²) in [7, 11) is 0. The van der Waals surface area contributed by atoms with Crippen molar-refractivity contribution in [2.75, 3.05) is 26.3 Å². The van der Waals surface area contributed by atoms with E-state index in [2.05, 4.69) is 0 Å². The lowest BCUT2D eigenvalue weighted by Gasteiger charge is -2.39. The molecule has 1 aliphatic rings. The third-order valence-electron chi connectivity index (χ3n) is 3.44. The van der Waals surface area contributed by atoms with Gasteiger partial charge in [-0.2, -0.15) is 0 Å². The zero-order valence-corrected chi connectivity index (χ0v) is 10.7. The molecule has 0 aliphatic carbocycles. The Bertz CT molecular complexity index is 456. The first-order valence-electron chi connectivity index (χ1n) is 6.22. The van der Waals surface area contributed by atoms with Crippen molar-refractivity contribution in [3.05, 3.63) is 35.1 Å². The average Bonchev–Trinajstić information content (AvgIpc) is 2.38. The van der Waals surface area contributed by atoms with Gasteiger partial charge in [0.2, 0.25) is 0 Å². The monoisotopic (exact) mass is 274 g/mol. The van der Waals surface area contributed by atoms with Crippen molar-refractivity contribution in [3.8, 4) is 0 Å². The van der Waals surface area contributed by atoms with Gasteiger partial charge in [-0.15, -0.1) is 0 Å². The van der Waals surface area contributed by atoms with Gasteiger partial charge in [0.25, 0.3) is 0 Å². The van der Waals surface area contributed by atoms with E-state index in [9.17, 15) is 13.2 Å². The maximum absolute atomic E-state index is 13.8. The van der Waals surface area contributed by atoms with Gasteiger partial charge in [0.05, 0.1) is 19.3 Å². The molecule has 0 spiro atoms.